The zero-order valence-electron chi connectivity index (χ0n) is 12.0. The molecule has 4 heteroatoms. The second kappa shape index (κ2) is 4.33. The van der Waals surface area contributed by atoms with Crippen molar-refractivity contribution in [2.24, 2.45) is 11.8 Å². The number of rotatable bonds is 2. The molecule has 0 amide bonds. The van der Waals surface area contributed by atoms with E-state index in [9.17, 15) is 0 Å². The molecule has 2 bridgehead atoms. The molecule has 3 atom stereocenters. The molecule has 3 aliphatic rings. The van der Waals surface area contributed by atoms with Crippen LogP contribution in [0.4, 0.5) is 5.69 Å². The Balaban J connectivity index is 1.45. The highest BCUT2D eigenvalue weighted by Gasteiger charge is 2.42. The van der Waals surface area contributed by atoms with Crippen LogP contribution in [0.3, 0.4) is 0 Å². The zero-order valence-corrected chi connectivity index (χ0v) is 12.0. The van der Waals surface area contributed by atoms with E-state index in [1.165, 1.54) is 36.9 Å². The van der Waals surface area contributed by atoms with E-state index in [0.29, 0.717) is 11.8 Å². The van der Waals surface area contributed by atoms with Crippen LogP contribution in [0.25, 0.3) is 11.5 Å². The average molecular weight is 281 g/mol. The van der Waals surface area contributed by atoms with Crippen LogP contribution < -0.4 is 5.32 Å². The monoisotopic (exact) mass is 281 g/mol. The van der Waals surface area contributed by atoms with Crippen molar-refractivity contribution in [2.45, 2.75) is 38.0 Å². The highest BCUT2D eigenvalue weighted by molar-refractivity contribution is 5.65. The van der Waals surface area contributed by atoms with E-state index >= 15 is 0 Å². The number of hydrogen-bond donors (Lipinski definition) is 1. The Labute approximate surface area is 123 Å². The van der Waals surface area contributed by atoms with Crippen LogP contribution in [0.2, 0.25) is 0 Å². The van der Waals surface area contributed by atoms with Crippen LogP contribution in [0.1, 0.15) is 43.0 Å². The molecule has 1 N–H and O–H groups in total. The van der Waals surface area contributed by atoms with Crippen LogP contribution in [-0.2, 0) is 6.42 Å². The van der Waals surface area contributed by atoms with Gasteiger partial charge in [-0.05, 0) is 61.3 Å². The Morgan fingerprint density at radius 1 is 1.19 bits per heavy atom. The number of nitrogens with zero attached hydrogens (tertiary/aromatic N) is 2. The predicted octanol–water partition coefficient (Wildman–Crippen LogP) is 3.61. The molecule has 2 fully saturated rings. The van der Waals surface area contributed by atoms with E-state index < -0.39 is 0 Å². The van der Waals surface area contributed by atoms with E-state index in [0.717, 1.165) is 36.2 Å². The summed E-state index contributed by atoms with van der Waals surface area (Å²) in [7, 11) is 0. The Morgan fingerprint density at radius 3 is 3.05 bits per heavy atom. The van der Waals surface area contributed by atoms with E-state index in [2.05, 4.69) is 28.7 Å². The van der Waals surface area contributed by atoms with Gasteiger partial charge in [-0.2, -0.15) is 4.98 Å². The van der Waals surface area contributed by atoms with Gasteiger partial charge in [-0.15, -0.1) is 0 Å². The molecule has 2 aliphatic carbocycles. The molecule has 108 valence electrons. The Bertz CT molecular complexity index is 693. The van der Waals surface area contributed by atoms with Gasteiger partial charge in [0, 0.05) is 23.7 Å². The molecule has 0 spiro atoms. The Morgan fingerprint density at radius 2 is 2.19 bits per heavy atom. The van der Waals surface area contributed by atoms with Crippen molar-refractivity contribution >= 4 is 5.69 Å². The Hall–Kier alpha value is -1.84. The fraction of sp³-hybridized carbons (Fsp3) is 0.529. The summed E-state index contributed by atoms with van der Waals surface area (Å²) >= 11 is 0. The van der Waals surface area contributed by atoms with Crippen molar-refractivity contribution in [3.63, 3.8) is 0 Å². The standard InChI is InChI=1S/C17H19N3O/c1-2-11-7-10(1)8-14(11)16-19-17(21-20-16)13-3-4-15-12(9-13)5-6-18-15/h3-4,9-11,14,18H,1-2,5-8H2. The molecule has 0 saturated heterocycles. The minimum atomic E-state index is 0.539. The number of benzene rings is 1. The maximum absolute atomic E-state index is 5.55. The highest BCUT2D eigenvalue weighted by Crippen LogP contribution is 2.52. The van der Waals surface area contributed by atoms with Crippen molar-refractivity contribution < 1.29 is 4.52 Å². The maximum atomic E-state index is 5.55. The molecule has 4 nitrogen and oxygen atoms in total. The lowest BCUT2D eigenvalue weighted by Crippen LogP contribution is -2.09. The van der Waals surface area contributed by atoms with Crippen molar-refractivity contribution in [1.29, 1.82) is 0 Å². The Kier molecular flexibility index (Phi) is 2.43. The first-order valence-corrected chi connectivity index (χ1v) is 8.07. The third-order valence-electron chi connectivity index (χ3n) is 5.57. The summed E-state index contributed by atoms with van der Waals surface area (Å²) in [5.41, 5.74) is 3.65. The highest BCUT2D eigenvalue weighted by atomic mass is 16.5. The normalized spacial score (nSPS) is 29.6. The first-order valence-electron chi connectivity index (χ1n) is 8.07. The SMILES string of the molecule is c1cc2c(cc1-c1nc(C3CC4CCC3C4)no1)CCN2. The molecule has 0 radical (unpaired) electrons. The summed E-state index contributed by atoms with van der Waals surface area (Å²) in [4.78, 5) is 4.71. The van der Waals surface area contributed by atoms with Crippen molar-refractivity contribution in [2.75, 3.05) is 11.9 Å². The summed E-state index contributed by atoms with van der Waals surface area (Å²) in [5.74, 6) is 3.87. The molecule has 21 heavy (non-hydrogen) atoms. The lowest BCUT2D eigenvalue weighted by Gasteiger charge is -2.17. The summed E-state index contributed by atoms with van der Waals surface area (Å²) in [6.07, 6.45) is 6.47. The first-order chi connectivity index (χ1) is 10.4. The molecule has 2 saturated carbocycles. The van der Waals surface area contributed by atoms with E-state index in [4.69, 9.17) is 9.51 Å². The fourth-order valence-corrected chi connectivity index (χ4v) is 4.50. The molecule has 1 aromatic heterocycles. The van der Waals surface area contributed by atoms with Gasteiger partial charge in [-0.1, -0.05) is 11.6 Å². The van der Waals surface area contributed by atoms with E-state index in [1.807, 2.05) is 0 Å². The maximum Gasteiger partial charge on any atom is 0.257 e. The van der Waals surface area contributed by atoms with Gasteiger partial charge >= 0.3 is 0 Å². The second-order valence-corrected chi connectivity index (χ2v) is 6.79. The fourth-order valence-electron chi connectivity index (χ4n) is 4.50. The second-order valence-electron chi connectivity index (χ2n) is 6.79. The van der Waals surface area contributed by atoms with E-state index in [-0.39, 0.29) is 0 Å². The quantitative estimate of drug-likeness (QED) is 0.913. The molecule has 2 aromatic rings. The van der Waals surface area contributed by atoms with Crippen molar-refractivity contribution in [3.8, 4) is 11.5 Å². The van der Waals surface area contributed by atoms with Gasteiger partial charge in [0.2, 0.25) is 0 Å². The van der Waals surface area contributed by atoms with Crippen LogP contribution in [0, 0.1) is 11.8 Å². The van der Waals surface area contributed by atoms with Gasteiger partial charge in [0.05, 0.1) is 0 Å². The molecule has 5 rings (SSSR count). The lowest BCUT2D eigenvalue weighted by molar-refractivity contribution is 0.372. The molecule has 1 aromatic carbocycles. The largest absolute Gasteiger partial charge is 0.384 e. The molecule has 3 unspecified atom stereocenters. The number of fused-ring (bicyclic) bond motifs is 3. The van der Waals surface area contributed by atoms with Gasteiger partial charge in [0.15, 0.2) is 5.82 Å². The van der Waals surface area contributed by atoms with Gasteiger partial charge < -0.3 is 9.84 Å². The number of nitrogens with one attached hydrogen (secondary N) is 1. The van der Waals surface area contributed by atoms with Crippen LogP contribution in [-0.4, -0.2) is 16.7 Å². The summed E-state index contributed by atoms with van der Waals surface area (Å²) < 4.78 is 5.55. The van der Waals surface area contributed by atoms with Crippen LogP contribution in [0.5, 0.6) is 0 Å². The molecule has 1 aliphatic heterocycles. The summed E-state index contributed by atoms with van der Waals surface area (Å²) in [5, 5.41) is 7.67. The average Bonchev–Trinajstić information content (AvgIpc) is 3.27. The van der Waals surface area contributed by atoms with Crippen LogP contribution >= 0.6 is 0 Å². The number of anilines is 1. The lowest BCUT2D eigenvalue weighted by atomic mass is 9.88. The molecular formula is C17H19N3O. The minimum absolute atomic E-state index is 0.539. The van der Waals surface area contributed by atoms with Gasteiger partial charge in [-0.3, -0.25) is 0 Å². The number of hydrogen-bond acceptors (Lipinski definition) is 4. The number of aromatic nitrogens is 2. The minimum Gasteiger partial charge on any atom is -0.384 e. The van der Waals surface area contributed by atoms with Gasteiger partial charge in [0.25, 0.3) is 5.89 Å². The topological polar surface area (TPSA) is 51.0 Å². The van der Waals surface area contributed by atoms with Gasteiger partial charge in [-0.25, -0.2) is 0 Å². The smallest absolute Gasteiger partial charge is 0.257 e. The van der Waals surface area contributed by atoms with Crippen LogP contribution in [0.15, 0.2) is 22.7 Å². The van der Waals surface area contributed by atoms with Crippen molar-refractivity contribution in [3.05, 3.63) is 29.6 Å². The third-order valence-corrected chi connectivity index (χ3v) is 5.57. The molecular weight excluding hydrogens is 262 g/mol. The zero-order chi connectivity index (χ0) is 13.8. The molecule has 2 heterocycles. The van der Waals surface area contributed by atoms with Gasteiger partial charge in [0.1, 0.15) is 0 Å². The summed E-state index contributed by atoms with van der Waals surface area (Å²) in [6.45, 7) is 1.03. The summed E-state index contributed by atoms with van der Waals surface area (Å²) in [6, 6.07) is 6.39. The third kappa shape index (κ3) is 1.81. The van der Waals surface area contributed by atoms with Crippen molar-refractivity contribution in [1.82, 2.24) is 10.1 Å². The van der Waals surface area contributed by atoms with E-state index in [1.54, 1.807) is 0 Å². The predicted molar refractivity (Wildman–Crippen MR) is 80.1 cm³/mol. The first kappa shape index (κ1) is 11.8.